The average Bonchev–Trinajstić information content (AvgIpc) is 3.76. The van der Waals surface area contributed by atoms with E-state index < -0.39 is 112 Å². The second-order valence-corrected chi connectivity index (χ2v) is 20.5. The second kappa shape index (κ2) is 18.9. The lowest BCUT2D eigenvalue weighted by atomic mass is 9.44. The normalized spacial score (nSPS) is 52.1. The zero-order valence-corrected chi connectivity index (χ0v) is 36.6. The summed E-state index contributed by atoms with van der Waals surface area (Å²) in [6, 6.07) is 0. The lowest BCUT2D eigenvalue weighted by Gasteiger charge is -2.61. The van der Waals surface area contributed by atoms with Crippen molar-refractivity contribution in [1.82, 2.24) is 0 Å². The SMILES string of the molecule is C=C(CCC1=C(C)[C@H]2[C@H](C[C@H]3[C@@H]4CC[C@@H]5C[C@@H](O[C@@H]6O[C@H](CO)[C@H](O)[C@H](O)[C@H]6O[C@@H]6O[C@H](CO)[C@@H](O)[C@H](O)[C@H]6O)CC[C@]5(C)[C@H]4CC[C@@]32C)O1)CO[C@@H]1O[C@H](CO)[C@@H](O)[C@H](O)[C@H]1O. The lowest BCUT2D eigenvalue weighted by Crippen LogP contribution is -2.65. The Hall–Kier alpha value is -1.40. The van der Waals surface area contributed by atoms with Crippen LogP contribution in [0.2, 0.25) is 0 Å². The summed E-state index contributed by atoms with van der Waals surface area (Å²) >= 11 is 0. The zero-order chi connectivity index (χ0) is 45.3. The molecule has 4 aliphatic carbocycles. The molecular formula is C45H72O18. The molecule has 360 valence electrons. The first-order chi connectivity index (χ1) is 29.9. The molecule has 0 amide bonds. The summed E-state index contributed by atoms with van der Waals surface area (Å²) in [6.45, 7) is 9.57. The Balaban J connectivity index is 0.873. The van der Waals surface area contributed by atoms with E-state index >= 15 is 0 Å². The molecule has 0 unspecified atom stereocenters. The van der Waals surface area contributed by atoms with E-state index in [4.69, 9.17) is 33.2 Å². The number of allylic oxidation sites excluding steroid dienone is 1. The van der Waals surface area contributed by atoms with E-state index in [1.807, 2.05) is 0 Å². The Morgan fingerprint density at radius 2 is 1.24 bits per heavy atom. The molecule has 4 saturated carbocycles. The molecule has 0 spiro atoms. The van der Waals surface area contributed by atoms with Gasteiger partial charge in [0.25, 0.3) is 0 Å². The number of ether oxygens (including phenoxy) is 7. The molecule has 3 saturated heterocycles. The van der Waals surface area contributed by atoms with Crippen molar-refractivity contribution in [1.29, 1.82) is 0 Å². The van der Waals surface area contributed by atoms with Crippen LogP contribution < -0.4 is 0 Å². The van der Waals surface area contributed by atoms with Crippen LogP contribution >= 0.6 is 0 Å². The predicted octanol–water partition coefficient (Wildman–Crippen LogP) is -0.910. The highest BCUT2D eigenvalue weighted by molar-refractivity contribution is 5.27. The highest BCUT2D eigenvalue weighted by Crippen LogP contribution is 2.70. The molecule has 24 atom stereocenters. The van der Waals surface area contributed by atoms with Crippen molar-refractivity contribution < 1.29 is 89.3 Å². The molecule has 11 N–H and O–H groups in total. The van der Waals surface area contributed by atoms with Gasteiger partial charge in [0.1, 0.15) is 79.4 Å². The van der Waals surface area contributed by atoms with Gasteiger partial charge in [0.05, 0.1) is 38.3 Å². The van der Waals surface area contributed by atoms with Gasteiger partial charge in [-0.2, -0.15) is 0 Å². The van der Waals surface area contributed by atoms with Crippen LogP contribution in [0.1, 0.15) is 85.0 Å². The minimum atomic E-state index is -1.74. The lowest BCUT2D eigenvalue weighted by molar-refractivity contribution is -0.373. The predicted molar refractivity (Wildman–Crippen MR) is 218 cm³/mol. The number of hydrogen-bond acceptors (Lipinski definition) is 18. The molecule has 18 heteroatoms. The number of aliphatic hydroxyl groups is 11. The zero-order valence-electron chi connectivity index (χ0n) is 36.6. The summed E-state index contributed by atoms with van der Waals surface area (Å²) in [6.07, 6.45) is -12.8. The minimum Gasteiger partial charge on any atom is -0.494 e. The van der Waals surface area contributed by atoms with Crippen LogP contribution in [0.3, 0.4) is 0 Å². The molecule has 18 nitrogen and oxygen atoms in total. The fourth-order valence-electron chi connectivity index (χ4n) is 13.5. The largest absolute Gasteiger partial charge is 0.494 e. The van der Waals surface area contributed by atoms with E-state index in [1.54, 1.807) is 0 Å². The maximum absolute atomic E-state index is 11.2. The van der Waals surface area contributed by atoms with Gasteiger partial charge in [0, 0.05) is 12.3 Å². The van der Waals surface area contributed by atoms with Gasteiger partial charge < -0.3 is 89.3 Å². The Kier molecular flexibility index (Phi) is 14.5. The third-order valence-electron chi connectivity index (χ3n) is 17.1. The van der Waals surface area contributed by atoms with E-state index in [-0.39, 0.29) is 29.6 Å². The monoisotopic (exact) mass is 900 g/mol. The van der Waals surface area contributed by atoms with Crippen molar-refractivity contribution in [2.45, 2.75) is 189 Å². The van der Waals surface area contributed by atoms with Crippen molar-refractivity contribution in [2.75, 3.05) is 26.4 Å². The van der Waals surface area contributed by atoms with Gasteiger partial charge in [-0.3, -0.25) is 0 Å². The quantitative estimate of drug-likeness (QED) is 0.0788. The van der Waals surface area contributed by atoms with Gasteiger partial charge in [-0.25, -0.2) is 0 Å². The van der Waals surface area contributed by atoms with Gasteiger partial charge in [0.15, 0.2) is 18.9 Å². The molecule has 4 aliphatic heterocycles. The third-order valence-corrected chi connectivity index (χ3v) is 17.1. The molecular weight excluding hydrogens is 828 g/mol. The summed E-state index contributed by atoms with van der Waals surface area (Å²) in [7, 11) is 0. The number of fused-ring (bicyclic) bond motifs is 7. The van der Waals surface area contributed by atoms with Crippen LogP contribution in [0.15, 0.2) is 23.5 Å². The van der Waals surface area contributed by atoms with Gasteiger partial charge >= 0.3 is 0 Å². The summed E-state index contributed by atoms with van der Waals surface area (Å²) in [5, 5.41) is 113. The summed E-state index contributed by atoms with van der Waals surface area (Å²) in [5.74, 6) is 3.32. The molecule has 8 aliphatic rings. The van der Waals surface area contributed by atoms with Gasteiger partial charge in [0.2, 0.25) is 0 Å². The second-order valence-electron chi connectivity index (χ2n) is 20.5. The van der Waals surface area contributed by atoms with E-state index in [9.17, 15) is 56.2 Å². The van der Waals surface area contributed by atoms with Crippen LogP contribution in [-0.4, -0.2) is 187 Å². The van der Waals surface area contributed by atoms with Gasteiger partial charge in [-0.1, -0.05) is 26.0 Å². The number of hydrogen-bond donors (Lipinski definition) is 11. The molecule has 0 bridgehead atoms. The first-order valence-corrected chi connectivity index (χ1v) is 23.1. The van der Waals surface area contributed by atoms with Crippen LogP contribution in [0.4, 0.5) is 0 Å². The topological polar surface area (TPSA) is 287 Å². The van der Waals surface area contributed by atoms with Crippen molar-refractivity contribution in [2.24, 2.45) is 40.4 Å². The maximum atomic E-state index is 11.2. The van der Waals surface area contributed by atoms with Crippen molar-refractivity contribution in [3.05, 3.63) is 23.5 Å². The highest BCUT2D eigenvalue weighted by Gasteiger charge is 2.65. The molecule has 0 aromatic rings. The van der Waals surface area contributed by atoms with Crippen LogP contribution in [0.5, 0.6) is 0 Å². The first-order valence-electron chi connectivity index (χ1n) is 23.1. The Morgan fingerprint density at radius 1 is 0.651 bits per heavy atom. The van der Waals surface area contributed by atoms with Gasteiger partial charge in [-0.05, 0) is 105 Å². The molecule has 7 fully saturated rings. The van der Waals surface area contributed by atoms with Gasteiger partial charge in [-0.15, -0.1) is 0 Å². The maximum Gasteiger partial charge on any atom is 0.187 e. The first kappa shape index (κ1) is 48.1. The molecule has 0 aromatic heterocycles. The van der Waals surface area contributed by atoms with E-state index in [2.05, 4.69) is 27.4 Å². The molecule has 4 heterocycles. The Labute approximate surface area is 368 Å². The van der Waals surface area contributed by atoms with Crippen LogP contribution in [0, 0.1) is 40.4 Å². The summed E-state index contributed by atoms with van der Waals surface area (Å²) in [4.78, 5) is 0. The fourth-order valence-corrected chi connectivity index (χ4v) is 13.5. The summed E-state index contributed by atoms with van der Waals surface area (Å²) in [5.41, 5.74) is 2.26. The minimum absolute atomic E-state index is 0.0731. The molecule has 8 rings (SSSR count). The number of rotatable bonds is 13. The Morgan fingerprint density at radius 3 is 1.89 bits per heavy atom. The van der Waals surface area contributed by atoms with Crippen molar-refractivity contribution in [3.63, 3.8) is 0 Å². The van der Waals surface area contributed by atoms with E-state index in [0.29, 0.717) is 48.9 Å². The smallest absolute Gasteiger partial charge is 0.187 e. The fraction of sp³-hybridized carbons (Fsp3) is 0.911. The number of aliphatic hydroxyl groups excluding tert-OH is 11. The standard InChI is InChI=1S/C45H72O18/c1-19(18-57-41-38(55)35(52)32(49)28(15-46)60-41)5-8-26-20(2)31-27(59-26)14-25-23-7-6-21-13-22(9-11-44(21,3)24(23)10-12-45(25,31)4)58-43-40(37(54)34(51)30(17-48)62-43)63-42-39(56)36(53)33(50)29(16-47)61-42/h21-25,27-43,46-56H,1,5-18H2,2-4H3/t21-,22+,23-,24+,25+,27+,28-,29-,30-,31+,32-,33-,34+,35+,36+,37+,38-,39-,40-,41-,42+,43-,44+,45+/m1/s1. The molecule has 0 aromatic carbocycles. The van der Waals surface area contributed by atoms with Crippen molar-refractivity contribution in [3.8, 4) is 0 Å². The van der Waals surface area contributed by atoms with E-state index in [1.165, 1.54) is 5.57 Å². The van der Waals surface area contributed by atoms with Crippen LogP contribution in [-0.2, 0) is 33.2 Å². The molecule has 63 heavy (non-hydrogen) atoms. The highest BCUT2D eigenvalue weighted by atomic mass is 16.8. The summed E-state index contributed by atoms with van der Waals surface area (Å²) < 4.78 is 42.0. The Bertz CT molecular complexity index is 1630. The molecule has 0 radical (unpaired) electrons. The van der Waals surface area contributed by atoms with Crippen molar-refractivity contribution >= 4 is 0 Å². The van der Waals surface area contributed by atoms with E-state index in [0.717, 1.165) is 56.3 Å². The third kappa shape index (κ3) is 8.60. The average molecular weight is 901 g/mol. The van der Waals surface area contributed by atoms with Crippen LogP contribution in [0.25, 0.3) is 0 Å².